The minimum absolute atomic E-state index is 0.0487. The smallest absolute Gasteiger partial charge is 0.239 e. The van der Waals surface area contributed by atoms with E-state index in [0.29, 0.717) is 23.4 Å². The van der Waals surface area contributed by atoms with E-state index in [1.54, 1.807) is 19.2 Å². The predicted molar refractivity (Wildman–Crippen MR) is 87.2 cm³/mol. The molecular weight excluding hydrogens is 304 g/mol. The molecule has 2 rings (SSSR count). The molecule has 0 radical (unpaired) electrons. The molecule has 7 heteroatoms. The van der Waals surface area contributed by atoms with E-state index in [9.17, 15) is 4.79 Å². The maximum atomic E-state index is 12.1. The molecule has 0 bridgehead atoms. The van der Waals surface area contributed by atoms with Crippen molar-refractivity contribution >= 4 is 23.3 Å². The van der Waals surface area contributed by atoms with Crippen LogP contribution in [0.3, 0.4) is 0 Å². The van der Waals surface area contributed by atoms with Crippen molar-refractivity contribution in [3.8, 4) is 0 Å². The normalized spacial score (nSPS) is 20.0. The number of hydrogen-bond acceptors (Lipinski definition) is 5. The third-order valence-electron chi connectivity index (χ3n) is 3.79. The molecule has 1 atom stereocenters. The van der Waals surface area contributed by atoms with Gasteiger partial charge in [-0.2, -0.15) is 0 Å². The van der Waals surface area contributed by atoms with Crippen LogP contribution in [0.25, 0.3) is 0 Å². The fraction of sp³-hybridized carbons (Fsp3) is 0.600. The number of aromatic nitrogens is 1. The zero-order valence-electron chi connectivity index (χ0n) is 13.1. The number of piperazine rings is 1. The second-order valence-electron chi connectivity index (χ2n) is 5.52. The highest BCUT2D eigenvalue weighted by Gasteiger charge is 2.24. The van der Waals surface area contributed by atoms with Crippen LogP contribution in [0.5, 0.6) is 0 Å². The van der Waals surface area contributed by atoms with Crippen molar-refractivity contribution in [2.45, 2.75) is 13.0 Å². The van der Waals surface area contributed by atoms with Gasteiger partial charge in [0.1, 0.15) is 5.82 Å². The standard InChI is InChI=1S/C15H23ClN4O2/c1-12-10-19(5-6-20(12)7-8-22-2)11-15(21)18-14-4-3-13(16)9-17-14/h3-4,9,12H,5-8,10-11H2,1-2H3,(H,17,18,21)/t12-/m0/s1. The fourth-order valence-corrected chi connectivity index (χ4v) is 2.70. The first kappa shape index (κ1) is 17.1. The van der Waals surface area contributed by atoms with E-state index in [-0.39, 0.29) is 5.91 Å². The number of carbonyl (C=O) groups excluding carboxylic acids is 1. The summed E-state index contributed by atoms with van der Waals surface area (Å²) in [6.45, 7) is 6.96. The van der Waals surface area contributed by atoms with E-state index in [1.807, 2.05) is 0 Å². The van der Waals surface area contributed by atoms with Crippen LogP contribution in [0.15, 0.2) is 18.3 Å². The molecule has 1 amide bonds. The van der Waals surface area contributed by atoms with Crippen LogP contribution in [0, 0.1) is 0 Å². The number of ether oxygens (including phenoxy) is 1. The topological polar surface area (TPSA) is 57.7 Å². The van der Waals surface area contributed by atoms with E-state index >= 15 is 0 Å². The van der Waals surface area contributed by atoms with E-state index in [1.165, 1.54) is 6.20 Å². The molecule has 22 heavy (non-hydrogen) atoms. The van der Waals surface area contributed by atoms with Crippen LogP contribution in [0.1, 0.15) is 6.92 Å². The zero-order chi connectivity index (χ0) is 15.9. The molecule has 0 aliphatic carbocycles. The summed E-state index contributed by atoms with van der Waals surface area (Å²) < 4.78 is 5.12. The van der Waals surface area contributed by atoms with Crippen molar-refractivity contribution in [3.63, 3.8) is 0 Å². The number of nitrogens with zero attached hydrogens (tertiary/aromatic N) is 3. The number of pyridine rings is 1. The second kappa shape index (κ2) is 8.43. The summed E-state index contributed by atoms with van der Waals surface area (Å²) in [5.41, 5.74) is 0. The summed E-state index contributed by atoms with van der Waals surface area (Å²) in [4.78, 5) is 20.7. The van der Waals surface area contributed by atoms with Crippen molar-refractivity contribution in [2.24, 2.45) is 0 Å². The molecule has 1 N–H and O–H groups in total. The Labute approximate surface area is 136 Å². The maximum absolute atomic E-state index is 12.1. The summed E-state index contributed by atoms with van der Waals surface area (Å²) in [5.74, 6) is 0.480. The average molecular weight is 327 g/mol. The van der Waals surface area contributed by atoms with E-state index in [2.05, 4.69) is 27.0 Å². The highest BCUT2D eigenvalue weighted by atomic mass is 35.5. The Morgan fingerprint density at radius 2 is 2.32 bits per heavy atom. The fourth-order valence-electron chi connectivity index (χ4n) is 2.59. The molecule has 0 spiro atoms. The van der Waals surface area contributed by atoms with E-state index in [0.717, 1.165) is 32.8 Å². The predicted octanol–water partition coefficient (Wildman–Crippen LogP) is 1.33. The van der Waals surface area contributed by atoms with Gasteiger partial charge in [0.15, 0.2) is 0 Å². The second-order valence-corrected chi connectivity index (χ2v) is 5.96. The Morgan fingerprint density at radius 3 is 2.95 bits per heavy atom. The van der Waals surface area contributed by atoms with Gasteiger partial charge < -0.3 is 10.1 Å². The van der Waals surface area contributed by atoms with Crippen LogP contribution in [-0.4, -0.2) is 73.2 Å². The Morgan fingerprint density at radius 1 is 1.50 bits per heavy atom. The van der Waals surface area contributed by atoms with Crippen LogP contribution in [0.2, 0.25) is 5.02 Å². The molecule has 1 aromatic rings. The van der Waals surface area contributed by atoms with E-state index in [4.69, 9.17) is 16.3 Å². The molecule has 2 heterocycles. The van der Waals surface area contributed by atoms with Crippen molar-refractivity contribution in [1.29, 1.82) is 0 Å². The van der Waals surface area contributed by atoms with E-state index < -0.39 is 0 Å². The third-order valence-corrected chi connectivity index (χ3v) is 4.02. The van der Waals surface area contributed by atoms with Gasteiger partial charge in [0.05, 0.1) is 18.2 Å². The lowest BCUT2D eigenvalue weighted by molar-refractivity contribution is -0.118. The maximum Gasteiger partial charge on any atom is 0.239 e. The highest BCUT2D eigenvalue weighted by Crippen LogP contribution is 2.11. The van der Waals surface area contributed by atoms with Crippen molar-refractivity contribution in [2.75, 3.05) is 51.8 Å². The van der Waals surface area contributed by atoms with Crippen molar-refractivity contribution in [1.82, 2.24) is 14.8 Å². The lowest BCUT2D eigenvalue weighted by atomic mass is 10.2. The van der Waals surface area contributed by atoms with Crippen LogP contribution >= 0.6 is 11.6 Å². The van der Waals surface area contributed by atoms with Gasteiger partial charge >= 0.3 is 0 Å². The minimum Gasteiger partial charge on any atom is -0.383 e. The molecule has 6 nitrogen and oxygen atoms in total. The number of methoxy groups -OCH3 is 1. The van der Waals surface area contributed by atoms with Crippen molar-refractivity contribution < 1.29 is 9.53 Å². The number of hydrogen-bond donors (Lipinski definition) is 1. The van der Waals surface area contributed by atoms with Gasteiger partial charge in [-0.1, -0.05) is 11.6 Å². The molecule has 1 aliphatic rings. The number of amides is 1. The molecule has 0 aromatic carbocycles. The third kappa shape index (κ3) is 5.21. The molecule has 1 aliphatic heterocycles. The molecule has 0 unspecified atom stereocenters. The molecule has 1 saturated heterocycles. The first-order valence-corrected chi connectivity index (χ1v) is 7.83. The van der Waals surface area contributed by atoms with Gasteiger partial charge in [-0.05, 0) is 19.1 Å². The molecule has 1 aromatic heterocycles. The van der Waals surface area contributed by atoms with Gasteiger partial charge in [-0.25, -0.2) is 4.98 Å². The summed E-state index contributed by atoms with van der Waals surface area (Å²) in [5, 5.41) is 3.35. The van der Waals surface area contributed by atoms with Gasteiger partial charge in [0, 0.05) is 45.5 Å². The first-order chi connectivity index (χ1) is 10.6. The molecular formula is C15H23ClN4O2. The van der Waals surface area contributed by atoms with Crippen molar-refractivity contribution in [3.05, 3.63) is 23.4 Å². The van der Waals surface area contributed by atoms with Gasteiger partial charge in [0.25, 0.3) is 0 Å². The van der Waals surface area contributed by atoms with Gasteiger partial charge in [-0.15, -0.1) is 0 Å². The number of anilines is 1. The molecule has 0 saturated carbocycles. The quantitative estimate of drug-likeness (QED) is 0.854. The molecule has 1 fully saturated rings. The summed E-state index contributed by atoms with van der Waals surface area (Å²) in [7, 11) is 1.72. The van der Waals surface area contributed by atoms with Crippen LogP contribution < -0.4 is 5.32 Å². The lowest BCUT2D eigenvalue weighted by Crippen LogP contribution is -2.54. The first-order valence-electron chi connectivity index (χ1n) is 7.45. The summed E-state index contributed by atoms with van der Waals surface area (Å²) >= 11 is 5.77. The lowest BCUT2D eigenvalue weighted by Gasteiger charge is -2.39. The Bertz CT molecular complexity index is 483. The minimum atomic E-state index is -0.0487. The Kier molecular flexibility index (Phi) is 6.57. The SMILES string of the molecule is COCCN1CCN(CC(=O)Nc2ccc(Cl)cn2)C[C@@H]1C. The number of rotatable bonds is 6. The highest BCUT2D eigenvalue weighted by molar-refractivity contribution is 6.30. The molecule has 122 valence electrons. The summed E-state index contributed by atoms with van der Waals surface area (Å²) in [6, 6.07) is 3.83. The Hall–Kier alpha value is -1.21. The monoisotopic (exact) mass is 326 g/mol. The number of halogens is 1. The van der Waals surface area contributed by atoms with Gasteiger partial charge in [0.2, 0.25) is 5.91 Å². The zero-order valence-corrected chi connectivity index (χ0v) is 13.8. The van der Waals surface area contributed by atoms with Crippen LogP contribution in [-0.2, 0) is 9.53 Å². The van der Waals surface area contributed by atoms with Gasteiger partial charge in [-0.3, -0.25) is 14.6 Å². The number of carbonyl (C=O) groups is 1. The van der Waals surface area contributed by atoms with Crippen LogP contribution in [0.4, 0.5) is 5.82 Å². The summed E-state index contributed by atoms with van der Waals surface area (Å²) in [6.07, 6.45) is 1.52. The Balaban J connectivity index is 1.77. The number of nitrogens with one attached hydrogen (secondary N) is 1. The average Bonchev–Trinajstić information content (AvgIpc) is 2.49. The largest absolute Gasteiger partial charge is 0.383 e.